The highest BCUT2D eigenvalue weighted by atomic mass is 32.1. The van der Waals surface area contributed by atoms with Crippen molar-refractivity contribution in [3.63, 3.8) is 0 Å². The monoisotopic (exact) mass is 331 g/mol. The number of rotatable bonds is 2. The number of piperidine rings is 1. The van der Waals surface area contributed by atoms with E-state index in [0.29, 0.717) is 0 Å². The standard InChI is InChI=1S/C18H25N3OS/c1-11-6-7-13-14(10-11)23-18-15(13)17(22)19-16(20-18)12(2)21-8-4-3-5-9-21/h11-12H,3-10H2,1-2H3,(H,19,20,22)/t11-,12+/m0/s1. The van der Waals surface area contributed by atoms with Crippen LogP contribution in [0.1, 0.15) is 61.8 Å². The second-order valence-electron chi connectivity index (χ2n) is 7.26. The Morgan fingerprint density at radius 3 is 2.87 bits per heavy atom. The van der Waals surface area contributed by atoms with Crippen LogP contribution >= 0.6 is 11.3 Å². The fourth-order valence-electron chi connectivity index (χ4n) is 4.04. The first-order valence-electron chi connectivity index (χ1n) is 8.92. The van der Waals surface area contributed by atoms with E-state index < -0.39 is 0 Å². The molecule has 0 aromatic carbocycles. The van der Waals surface area contributed by atoms with Crippen molar-refractivity contribution in [1.82, 2.24) is 14.9 Å². The summed E-state index contributed by atoms with van der Waals surface area (Å²) in [5, 5.41) is 0.867. The van der Waals surface area contributed by atoms with Crippen LogP contribution in [0.2, 0.25) is 0 Å². The number of aromatic amines is 1. The van der Waals surface area contributed by atoms with E-state index in [1.807, 2.05) is 0 Å². The fourth-order valence-corrected chi connectivity index (χ4v) is 5.43. The maximum Gasteiger partial charge on any atom is 0.259 e. The number of nitrogens with one attached hydrogen (secondary N) is 1. The molecular weight excluding hydrogens is 306 g/mol. The molecule has 0 saturated carbocycles. The Bertz CT molecular complexity index is 772. The van der Waals surface area contributed by atoms with Crippen molar-refractivity contribution < 1.29 is 0 Å². The van der Waals surface area contributed by atoms with E-state index in [0.717, 1.165) is 47.9 Å². The van der Waals surface area contributed by atoms with E-state index in [9.17, 15) is 4.79 Å². The molecular formula is C18H25N3OS. The van der Waals surface area contributed by atoms with Crippen LogP contribution in [0.5, 0.6) is 0 Å². The van der Waals surface area contributed by atoms with Gasteiger partial charge in [0, 0.05) is 4.88 Å². The van der Waals surface area contributed by atoms with Gasteiger partial charge >= 0.3 is 0 Å². The molecule has 2 aliphatic rings. The molecule has 124 valence electrons. The zero-order valence-corrected chi connectivity index (χ0v) is 14.8. The predicted molar refractivity (Wildman–Crippen MR) is 95.3 cm³/mol. The zero-order chi connectivity index (χ0) is 16.0. The second kappa shape index (κ2) is 6.02. The summed E-state index contributed by atoms with van der Waals surface area (Å²) in [4.78, 5) is 25.4. The zero-order valence-electron chi connectivity index (χ0n) is 14.0. The van der Waals surface area contributed by atoms with Crippen LogP contribution in [-0.4, -0.2) is 28.0 Å². The SMILES string of the molecule is C[C@H]1CCc2c(sc3nc([C@@H](C)N4CCCCC4)[nH]c(=O)c23)C1. The molecule has 1 fully saturated rings. The van der Waals surface area contributed by atoms with Crippen LogP contribution in [0.3, 0.4) is 0 Å². The molecule has 23 heavy (non-hydrogen) atoms. The summed E-state index contributed by atoms with van der Waals surface area (Å²) in [6.45, 7) is 6.70. The minimum Gasteiger partial charge on any atom is -0.309 e. The minimum atomic E-state index is 0.0703. The normalized spacial score (nSPS) is 23.8. The lowest BCUT2D eigenvalue weighted by Crippen LogP contribution is -2.34. The number of thiophene rings is 1. The molecule has 0 spiro atoms. The van der Waals surface area contributed by atoms with Gasteiger partial charge in [-0.1, -0.05) is 13.3 Å². The quantitative estimate of drug-likeness (QED) is 0.913. The average Bonchev–Trinajstić information content (AvgIpc) is 2.92. The molecule has 1 saturated heterocycles. The van der Waals surface area contributed by atoms with Crippen molar-refractivity contribution in [2.45, 2.75) is 58.4 Å². The molecule has 3 heterocycles. The number of aromatic nitrogens is 2. The molecule has 4 rings (SSSR count). The first kappa shape index (κ1) is 15.3. The van der Waals surface area contributed by atoms with E-state index in [1.165, 1.54) is 36.1 Å². The number of aryl methyl sites for hydroxylation is 1. The summed E-state index contributed by atoms with van der Waals surface area (Å²) in [5.74, 6) is 1.57. The van der Waals surface area contributed by atoms with Crippen LogP contribution in [0.25, 0.3) is 10.2 Å². The summed E-state index contributed by atoms with van der Waals surface area (Å²) >= 11 is 1.75. The lowest BCUT2D eigenvalue weighted by Gasteiger charge is -2.31. The average molecular weight is 331 g/mol. The van der Waals surface area contributed by atoms with Crippen LogP contribution in [0, 0.1) is 5.92 Å². The third-order valence-electron chi connectivity index (χ3n) is 5.52. The number of nitrogens with zero attached hydrogens (tertiary/aromatic N) is 2. The lowest BCUT2D eigenvalue weighted by atomic mass is 9.89. The number of hydrogen-bond donors (Lipinski definition) is 1. The largest absolute Gasteiger partial charge is 0.309 e. The molecule has 1 aliphatic carbocycles. The van der Waals surface area contributed by atoms with Gasteiger partial charge in [-0.05, 0) is 63.6 Å². The molecule has 5 heteroatoms. The van der Waals surface area contributed by atoms with Crippen molar-refractivity contribution in [3.8, 4) is 0 Å². The predicted octanol–water partition coefficient (Wildman–Crippen LogP) is 3.66. The van der Waals surface area contributed by atoms with Gasteiger partial charge < -0.3 is 4.98 Å². The summed E-state index contributed by atoms with van der Waals surface area (Å²) in [6.07, 6.45) is 7.14. The Morgan fingerprint density at radius 2 is 2.09 bits per heavy atom. The van der Waals surface area contributed by atoms with E-state index >= 15 is 0 Å². The van der Waals surface area contributed by atoms with Crippen molar-refractivity contribution in [1.29, 1.82) is 0 Å². The van der Waals surface area contributed by atoms with Crippen LogP contribution in [-0.2, 0) is 12.8 Å². The first-order chi connectivity index (χ1) is 11.1. The van der Waals surface area contributed by atoms with Crippen LogP contribution < -0.4 is 5.56 Å². The van der Waals surface area contributed by atoms with Gasteiger partial charge in [-0.15, -0.1) is 11.3 Å². The summed E-state index contributed by atoms with van der Waals surface area (Å²) in [5.41, 5.74) is 1.34. The summed E-state index contributed by atoms with van der Waals surface area (Å²) in [6, 6.07) is 0.199. The van der Waals surface area contributed by atoms with E-state index in [1.54, 1.807) is 11.3 Å². The highest BCUT2D eigenvalue weighted by Crippen LogP contribution is 2.36. The van der Waals surface area contributed by atoms with Gasteiger partial charge in [0.15, 0.2) is 0 Å². The molecule has 2 atom stereocenters. The third kappa shape index (κ3) is 2.74. The maximum atomic E-state index is 12.7. The Hall–Kier alpha value is -1.20. The molecule has 0 amide bonds. The lowest BCUT2D eigenvalue weighted by molar-refractivity contribution is 0.169. The van der Waals surface area contributed by atoms with Gasteiger partial charge in [0.1, 0.15) is 10.7 Å². The van der Waals surface area contributed by atoms with E-state index in [2.05, 4.69) is 23.7 Å². The molecule has 2 aromatic rings. The number of hydrogen-bond acceptors (Lipinski definition) is 4. The van der Waals surface area contributed by atoms with Gasteiger partial charge in [0.2, 0.25) is 0 Å². The second-order valence-corrected chi connectivity index (χ2v) is 8.34. The topological polar surface area (TPSA) is 49.0 Å². The molecule has 1 N–H and O–H groups in total. The highest BCUT2D eigenvalue weighted by molar-refractivity contribution is 7.18. The van der Waals surface area contributed by atoms with Gasteiger partial charge in [-0.25, -0.2) is 4.98 Å². The maximum absolute atomic E-state index is 12.7. The molecule has 4 nitrogen and oxygen atoms in total. The molecule has 1 aliphatic heterocycles. The van der Waals surface area contributed by atoms with Crippen LogP contribution in [0.4, 0.5) is 0 Å². The Morgan fingerprint density at radius 1 is 1.30 bits per heavy atom. The van der Waals surface area contributed by atoms with Gasteiger partial charge in [0.25, 0.3) is 5.56 Å². The Kier molecular flexibility index (Phi) is 4.01. The smallest absolute Gasteiger partial charge is 0.259 e. The van der Waals surface area contributed by atoms with Gasteiger partial charge in [-0.3, -0.25) is 9.69 Å². The number of fused-ring (bicyclic) bond motifs is 3. The van der Waals surface area contributed by atoms with Crippen molar-refractivity contribution in [3.05, 3.63) is 26.6 Å². The van der Waals surface area contributed by atoms with Crippen LogP contribution in [0.15, 0.2) is 4.79 Å². The number of likely N-dealkylation sites (tertiary alicyclic amines) is 1. The first-order valence-corrected chi connectivity index (χ1v) is 9.73. The molecule has 2 aromatic heterocycles. The van der Waals surface area contributed by atoms with E-state index in [-0.39, 0.29) is 11.6 Å². The molecule has 0 radical (unpaired) electrons. The van der Waals surface area contributed by atoms with E-state index in [4.69, 9.17) is 4.98 Å². The Labute approximate surface area is 140 Å². The highest BCUT2D eigenvalue weighted by Gasteiger charge is 2.25. The summed E-state index contributed by atoms with van der Waals surface area (Å²) in [7, 11) is 0. The molecule has 0 unspecified atom stereocenters. The van der Waals surface area contributed by atoms with Crippen molar-refractivity contribution in [2.24, 2.45) is 5.92 Å². The third-order valence-corrected chi connectivity index (χ3v) is 6.67. The molecule has 0 bridgehead atoms. The van der Waals surface area contributed by atoms with Gasteiger partial charge in [0.05, 0.1) is 11.4 Å². The Balaban J connectivity index is 1.74. The van der Waals surface area contributed by atoms with Gasteiger partial charge in [-0.2, -0.15) is 0 Å². The number of H-pyrrole nitrogens is 1. The minimum absolute atomic E-state index is 0.0703. The van der Waals surface area contributed by atoms with Crippen molar-refractivity contribution in [2.75, 3.05) is 13.1 Å². The fraction of sp³-hybridized carbons (Fsp3) is 0.667. The summed E-state index contributed by atoms with van der Waals surface area (Å²) < 4.78 is 0. The van der Waals surface area contributed by atoms with Crippen molar-refractivity contribution >= 4 is 21.6 Å².